The van der Waals surface area contributed by atoms with Crippen molar-refractivity contribution in [3.8, 4) is 0 Å². The molecule has 0 fully saturated rings. The fraction of sp³-hybridized carbons (Fsp3) is 0.417. The second kappa shape index (κ2) is 5.65. The SMILES string of the molecule is CC(Cn1cccn1)NCc1ccc(CO)o1. The molecule has 0 saturated heterocycles. The number of hydrogen-bond acceptors (Lipinski definition) is 4. The molecule has 0 amide bonds. The van der Waals surface area contributed by atoms with Crippen LogP contribution in [0.5, 0.6) is 0 Å². The van der Waals surface area contributed by atoms with Gasteiger partial charge in [-0.1, -0.05) is 0 Å². The van der Waals surface area contributed by atoms with Crippen molar-refractivity contribution in [3.63, 3.8) is 0 Å². The van der Waals surface area contributed by atoms with Crippen LogP contribution in [-0.4, -0.2) is 20.9 Å². The summed E-state index contributed by atoms with van der Waals surface area (Å²) in [6, 6.07) is 5.87. The number of hydrogen-bond donors (Lipinski definition) is 2. The van der Waals surface area contributed by atoms with Gasteiger partial charge >= 0.3 is 0 Å². The molecule has 0 spiro atoms. The highest BCUT2D eigenvalue weighted by molar-refractivity contribution is 5.06. The van der Waals surface area contributed by atoms with Crippen molar-refractivity contribution in [2.75, 3.05) is 0 Å². The van der Waals surface area contributed by atoms with E-state index in [1.54, 1.807) is 12.3 Å². The Bertz CT molecular complexity index is 436. The van der Waals surface area contributed by atoms with Crippen LogP contribution in [0, 0.1) is 0 Å². The standard InChI is InChI=1S/C12H17N3O2/c1-10(8-15-6-2-5-14-15)13-7-11-3-4-12(9-16)17-11/h2-6,10,13,16H,7-9H2,1H3. The largest absolute Gasteiger partial charge is 0.462 e. The van der Waals surface area contributed by atoms with Gasteiger partial charge in [0, 0.05) is 18.4 Å². The third-order valence-corrected chi connectivity index (χ3v) is 2.52. The highest BCUT2D eigenvalue weighted by Crippen LogP contribution is 2.07. The van der Waals surface area contributed by atoms with Gasteiger partial charge < -0.3 is 14.8 Å². The van der Waals surface area contributed by atoms with E-state index in [4.69, 9.17) is 9.52 Å². The minimum Gasteiger partial charge on any atom is -0.462 e. The van der Waals surface area contributed by atoms with E-state index < -0.39 is 0 Å². The smallest absolute Gasteiger partial charge is 0.129 e. The predicted octanol–water partition coefficient (Wildman–Crippen LogP) is 1.15. The van der Waals surface area contributed by atoms with E-state index in [0.29, 0.717) is 18.3 Å². The van der Waals surface area contributed by atoms with E-state index >= 15 is 0 Å². The van der Waals surface area contributed by atoms with Gasteiger partial charge in [-0.3, -0.25) is 4.68 Å². The van der Waals surface area contributed by atoms with Crippen LogP contribution in [0.15, 0.2) is 35.0 Å². The topological polar surface area (TPSA) is 63.2 Å². The summed E-state index contributed by atoms with van der Waals surface area (Å²) in [7, 11) is 0. The summed E-state index contributed by atoms with van der Waals surface area (Å²) in [5.74, 6) is 1.43. The van der Waals surface area contributed by atoms with Crippen molar-refractivity contribution in [1.29, 1.82) is 0 Å². The van der Waals surface area contributed by atoms with Crippen molar-refractivity contribution < 1.29 is 9.52 Å². The van der Waals surface area contributed by atoms with Crippen LogP contribution in [0.3, 0.4) is 0 Å². The first-order valence-corrected chi connectivity index (χ1v) is 5.67. The van der Waals surface area contributed by atoms with Crippen LogP contribution in [0.4, 0.5) is 0 Å². The number of rotatable bonds is 6. The van der Waals surface area contributed by atoms with Gasteiger partial charge in [0.25, 0.3) is 0 Å². The fourth-order valence-electron chi connectivity index (χ4n) is 1.63. The molecular formula is C12H17N3O2. The van der Waals surface area contributed by atoms with Crippen molar-refractivity contribution in [2.24, 2.45) is 0 Å². The highest BCUT2D eigenvalue weighted by atomic mass is 16.4. The molecule has 17 heavy (non-hydrogen) atoms. The van der Waals surface area contributed by atoms with E-state index in [1.807, 2.05) is 23.0 Å². The highest BCUT2D eigenvalue weighted by Gasteiger charge is 2.05. The molecule has 0 aliphatic carbocycles. The molecular weight excluding hydrogens is 218 g/mol. The van der Waals surface area contributed by atoms with E-state index in [2.05, 4.69) is 17.3 Å². The van der Waals surface area contributed by atoms with Crippen LogP contribution in [0.25, 0.3) is 0 Å². The summed E-state index contributed by atoms with van der Waals surface area (Å²) in [4.78, 5) is 0. The van der Waals surface area contributed by atoms with Crippen LogP contribution in [0.2, 0.25) is 0 Å². The maximum Gasteiger partial charge on any atom is 0.129 e. The summed E-state index contributed by atoms with van der Waals surface area (Å²) < 4.78 is 7.27. The van der Waals surface area contributed by atoms with Gasteiger partial charge in [-0.15, -0.1) is 0 Å². The molecule has 0 aromatic carbocycles. The van der Waals surface area contributed by atoms with E-state index in [-0.39, 0.29) is 6.61 Å². The van der Waals surface area contributed by atoms with Gasteiger partial charge in [0.2, 0.25) is 0 Å². The zero-order valence-electron chi connectivity index (χ0n) is 9.84. The van der Waals surface area contributed by atoms with Crippen molar-refractivity contribution >= 4 is 0 Å². The number of aliphatic hydroxyl groups excluding tert-OH is 1. The van der Waals surface area contributed by atoms with Crippen LogP contribution >= 0.6 is 0 Å². The Balaban J connectivity index is 1.77. The van der Waals surface area contributed by atoms with Gasteiger partial charge in [-0.2, -0.15) is 5.10 Å². The predicted molar refractivity (Wildman–Crippen MR) is 63.2 cm³/mol. The van der Waals surface area contributed by atoms with Gasteiger partial charge in [-0.25, -0.2) is 0 Å². The quantitative estimate of drug-likeness (QED) is 0.788. The monoisotopic (exact) mass is 235 g/mol. The Morgan fingerprint density at radius 1 is 1.47 bits per heavy atom. The molecule has 0 radical (unpaired) electrons. The van der Waals surface area contributed by atoms with Crippen molar-refractivity contribution in [2.45, 2.75) is 32.7 Å². The molecule has 0 aliphatic rings. The lowest BCUT2D eigenvalue weighted by Gasteiger charge is -2.12. The zero-order chi connectivity index (χ0) is 12.1. The molecule has 92 valence electrons. The van der Waals surface area contributed by atoms with E-state index in [1.165, 1.54) is 0 Å². The molecule has 2 aromatic heterocycles. The molecule has 2 N–H and O–H groups in total. The zero-order valence-corrected chi connectivity index (χ0v) is 9.84. The molecule has 2 aromatic rings. The summed E-state index contributed by atoms with van der Waals surface area (Å²) in [5.41, 5.74) is 0. The second-order valence-electron chi connectivity index (χ2n) is 4.04. The summed E-state index contributed by atoms with van der Waals surface area (Å²) >= 11 is 0. The Morgan fingerprint density at radius 3 is 2.94 bits per heavy atom. The molecule has 2 rings (SSSR count). The van der Waals surface area contributed by atoms with Crippen LogP contribution in [0.1, 0.15) is 18.4 Å². The Kier molecular flexibility index (Phi) is 3.95. The summed E-state index contributed by atoms with van der Waals surface area (Å²) in [6.07, 6.45) is 3.71. The minimum atomic E-state index is -0.0527. The Labute approximate surface area is 100 Å². The first-order chi connectivity index (χ1) is 8.28. The van der Waals surface area contributed by atoms with E-state index in [9.17, 15) is 0 Å². The lowest BCUT2D eigenvalue weighted by atomic mass is 10.3. The van der Waals surface area contributed by atoms with Gasteiger partial charge in [0.15, 0.2) is 0 Å². The summed E-state index contributed by atoms with van der Waals surface area (Å²) in [6.45, 7) is 3.52. The molecule has 0 saturated carbocycles. The minimum absolute atomic E-state index is 0.0527. The van der Waals surface area contributed by atoms with E-state index in [0.717, 1.165) is 12.3 Å². The number of aromatic nitrogens is 2. The second-order valence-corrected chi connectivity index (χ2v) is 4.04. The number of nitrogens with zero attached hydrogens (tertiary/aromatic N) is 2. The lowest BCUT2D eigenvalue weighted by molar-refractivity contribution is 0.242. The molecule has 2 heterocycles. The van der Waals surface area contributed by atoms with Crippen molar-refractivity contribution in [1.82, 2.24) is 15.1 Å². The van der Waals surface area contributed by atoms with Crippen molar-refractivity contribution in [3.05, 3.63) is 42.1 Å². The first kappa shape index (κ1) is 11.9. The van der Waals surface area contributed by atoms with Gasteiger partial charge in [0.05, 0.1) is 13.1 Å². The molecule has 0 aliphatic heterocycles. The lowest BCUT2D eigenvalue weighted by Crippen LogP contribution is -2.29. The number of nitrogens with one attached hydrogen (secondary N) is 1. The molecule has 1 atom stereocenters. The average Bonchev–Trinajstić information content (AvgIpc) is 2.96. The molecule has 5 heteroatoms. The normalized spacial score (nSPS) is 12.8. The third-order valence-electron chi connectivity index (χ3n) is 2.52. The Hall–Kier alpha value is -1.59. The van der Waals surface area contributed by atoms with Gasteiger partial charge in [0.1, 0.15) is 18.1 Å². The molecule has 5 nitrogen and oxygen atoms in total. The summed E-state index contributed by atoms with van der Waals surface area (Å²) in [5, 5.41) is 16.4. The van der Waals surface area contributed by atoms with Crippen LogP contribution in [-0.2, 0) is 19.7 Å². The van der Waals surface area contributed by atoms with Gasteiger partial charge in [-0.05, 0) is 25.1 Å². The Morgan fingerprint density at radius 2 is 2.29 bits per heavy atom. The van der Waals surface area contributed by atoms with Crippen LogP contribution < -0.4 is 5.32 Å². The molecule has 0 bridgehead atoms. The third kappa shape index (κ3) is 3.44. The number of furan rings is 1. The first-order valence-electron chi connectivity index (χ1n) is 5.67. The number of aliphatic hydroxyl groups is 1. The average molecular weight is 235 g/mol. The maximum atomic E-state index is 8.87. The molecule has 1 unspecified atom stereocenters. The maximum absolute atomic E-state index is 8.87. The fourth-order valence-corrected chi connectivity index (χ4v) is 1.63.